The van der Waals surface area contributed by atoms with Crippen LogP contribution in [-0.4, -0.2) is 24.2 Å². The lowest BCUT2D eigenvalue weighted by atomic mass is 10.1. The fourth-order valence-electron chi connectivity index (χ4n) is 2.14. The topological polar surface area (TPSA) is 34.1 Å². The minimum atomic E-state index is -4.53. The highest BCUT2D eigenvalue weighted by Gasteiger charge is 2.36. The van der Waals surface area contributed by atoms with E-state index in [2.05, 4.69) is 29.1 Å². The van der Waals surface area contributed by atoms with Crippen LogP contribution in [0.3, 0.4) is 0 Å². The number of aromatic nitrogens is 1. The second-order valence-corrected chi connectivity index (χ2v) is 5.58. The third-order valence-corrected chi connectivity index (χ3v) is 3.63. The van der Waals surface area contributed by atoms with Crippen molar-refractivity contribution in [3.63, 3.8) is 0 Å². The molecule has 1 aliphatic heterocycles. The van der Waals surface area contributed by atoms with Crippen molar-refractivity contribution in [3.8, 4) is 17.6 Å². The van der Waals surface area contributed by atoms with E-state index in [1.54, 1.807) is 0 Å². The Morgan fingerprint density at radius 3 is 2.78 bits per heavy atom. The van der Waals surface area contributed by atoms with Crippen LogP contribution < -0.4 is 10.1 Å². The molecule has 1 aromatic rings. The van der Waals surface area contributed by atoms with Gasteiger partial charge in [0.2, 0.25) is 0 Å². The van der Waals surface area contributed by atoms with E-state index in [9.17, 15) is 13.2 Å². The van der Waals surface area contributed by atoms with Gasteiger partial charge in [0.15, 0.2) is 11.4 Å². The monoisotopic (exact) mass is 326 g/mol. The molecule has 6 heteroatoms. The summed E-state index contributed by atoms with van der Waals surface area (Å²) in [4.78, 5) is 3.51. The maximum absolute atomic E-state index is 13.0. The molecule has 0 radical (unpaired) electrons. The zero-order chi connectivity index (χ0) is 16.7. The molecule has 1 saturated heterocycles. The van der Waals surface area contributed by atoms with Gasteiger partial charge in [-0.25, -0.2) is 4.98 Å². The molecule has 0 bridgehead atoms. The van der Waals surface area contributed by atoms with Gasteiger partial charge in [-0.3, -0.25) is 0 Å². The second kappa shape index (κ2) is 8.21. The molecule has 23 heavy (non-hydrogen) atoms. The first-order valence-electron chi connectivity index (χ1n) is 7.93. The summed E-state index contributed by atoms with van der Waals surface area (Å²) in [6.45, 7) is 3.19. The number of nitrogens with one attached hydrogen (secondary N) is 1. The number of ether oxygens (including phenoxy) is 1. The Morgan fingerprint density at radius 1 is 1.39 bits per heavy atom. The van der Waals surface area contributed by atoms with Crippen LogP contribution in [0.5, 0.6) is 5.75 Å². The molecule has 0 aliphatic carbocycles. The maximum Gasteiger partial charge on any atom is 0.437 e. The normalized spacial score (nSPS) is 17.1. The highest BCUT2D eigenvalue weighted by molar-refractivity contribution is 5.41. The van der Waals surface area contributed by atoms with E-state index < -0.39 is 11.9 Å². The number of halogens is 3. The van der Waals surface area contributed by atoms with Crippen molar-refractivity contribution >= 4 is 0 Å². The Hall–Kier alpha value is -1.74. The molecule has 0 saturated carbocycles. The van der Waals surface area contributed by atoms with Gasteiger partial charge in [0.05, 0.1) is 0 Å². The van der Waals surface area contributed by atoms with Crippen molar-refractivity contribution < 1.29 is 17.9 Å². The molecule has 1 aromatic heterocycles. The van der Waals surface area contributed by atoms with Gasteiger partial charge in [-0.2, -0.15) is 13.2 Å². The van der Waals surface area contributed by atoms with Crippen molar-refractivity contribution in [1.82, 2.24) is 10.3 Å². The first-order chi connectivity index (χ1) is 11.0. The van der Waals surface area contributed by atoms with Crippen molar-refractivity contribution in [2.45, 2.75) is 51.2 Å². The van der Waals surface area contributed by atoms with Crippen LogP contribution in [0, 0.1) is 11.8 Å². The summed E-state index contributed by atoms with van der Waals surface area (Å²) in [6.07, 6.45) is 1.47. The van der Waals surface area contributed by atoms with Gasteiger partial charge >= 0.3 is 6.18 Å². The highest BCUT2D eigenvalue weighted by Crippen LogP contribution is 2.35. The molecule has 3 nitrogen and oxygen atoms in total. The van der Waals surface area contributed by atoms with E-state index in [1.165, 1.54) is 6.07 Å². The average Bonchev–Trinajstić information content (AvgIpc) is 2.44. The Kier molecular flexibility index (Phi) is 6.28. The fourth-order valence-corrected chi connectivity index (χ4v) is 2.14. The summed E-state index contributed by atoms with van der Waals surface area (Å²) < 4.78 is 44.3. The Labute approximate surface area is 134 Å². The van der Waals surface area contributed by atoms with Crippen LogP contribution >= 0.6 is 0 Å². The van der Waals surface area contributed by atoms with E-state index in [0.717, 1.165) is 44.8 Å². The second-order valence-electron chi connectivity index (χ2n) is 5.58. The van der Waals surface area contributed by atoms with Crippen LogP contribution in [0.1, 0.15) is 50.3 Å². The van der Waals surface area contributed by atoms with Gasteiger partial charge in [-0.05, 0) is 25.5 Å². The van der Waals surface area contributed by atoms with Gasteiger partial charge in [0.1, 0.15) is 6.61 Å². The Balaban J connectivity index is 2.08. The summed E-state index contributed by atoms with van der Waals surface area (Å²) >= 11 is 0. The number of rotatable bonds is 6. The van der Waals surface area contributed by atoms with Crippen molar-refractivity contribution in [2.75, 3.05) is 13.2 Å². The molecule has 1 atom stereocenters. The van der Waals surface area contributed by atoms with E-state index in [-0.39, 0.29) is 18.4 Å². The number of nitrogens with zero attached hydrogens (tertiary/aromatic N) is 1. The summed E-state index contributed by atoms with van der Waals surface area (Å²) in [6, 6.07) is 1.45. The number of alkyl halides is 3. The van der Waals surface area contributed by atoms with Gasteiger partial charge in [0.25, 0.3) is 0 Å². The van der Waals surface area contributed by atoms with Gasteiger partial charge in [-0.1, -0.05) is 31.6 Å². The average molecular weight is 326 g/mol. The molecule has 0 aromatic carbocycles. The molecule has 1 N–H and O–H groups in total. The van der Waals surface area contributed by atoms with Crippen LogP contribution in [0.25, 0.3) is 0 Å². The predicted molar refractivity (Wildman–Crippen MR) is 82.2 cm³/mol. The minimum Gasteiger partial charge on any atom is -0.490 e. The minimum absolute atomic E-state index is 0.111. The largest absolute Gasteiger partial charge is 0.490 e. The number of pyridine rings is 1. The first kappa shape index (κ1) is 17.6. The third-order valence-electron chi connectivity index (χ3n) is 3.63. The number of hydrogen-bond donors (Lipinski definition) is 1. The lowest BCUT2D eigenvalue weighted by molar-refractivity contribution is -0.142. The molecule has 2 heterocycles. The van der Waals surface area contributed by atoms with Crippen LogP contribution in [-0.2, 0) is 6.18 Å². The Bertz CT molecular complexity index is 571. The van der Waals surface area contributed by atoms with E-state index in [4.69, 9.17) is 4.74 Å². The molecule has 1 aliphatic rings. The molecule has 1 unspecified atom stereocenters. The first-order valence-corrected chi connectivity index (χ1v) is 7.93. The predicted octanol–water partition coefficient (Wildman–Crippen LogP) is 3.77. The molecular weight excluding hydrogens is 305 g/mol. The van der Waals surface area contributed by atoms with Gasteiger partial charge in [0, 0.05) is 24.2 Å². The summed E-state index contributed by atoms with van der Waals surface area (Å²) in [5.74, 6) is 5.59. The van der Waals surface area contributed by atoms with Gasteiger partial charge < -0.3 is 10.1 Å². The van der Waals surface area contributed by atoms with Crippen molar-refractivity contribution in [1.29, 1.82) is 0 Å². The maximum atomic E-state index is 13.0. The highest BCUT2D eigenvalue weighted by atomic mass is 19.4. The third kappa shape index (κ3) is 5.43. The van der Waals surface area contributed by atoms with E-state index in [1.807, 2.05) is 0 Å². The smallest absolute Gasteiger partial charge is 0.437 e. The Morgan fingerprint density at radius 2 is 2.17 bits per heavy atom. The fraction of sp³-hybridized carbons (Fsp3) is 0.588. The van der Waals surface area contributed by atoms with E-state index in [0.29, 0.717) is 5.56 Å². The summed E-state index contributed by atoms with van der Waals surface area (Å²) in [7, 11) is 0. The lowest BCUT2D eigenvalue weighted by Gasteiger charge is -2.27. The summed E-state index contributed by atoms with van der Waals surface area (Å²) in [5.41, 5.74) is -0.542. The molecule has 0 amide bonds. The summed E-state index contributed by atoms with van der Waals surface area (Å²) in [5, 5.41) is 3.09. The molecule has 126 valence electrons. The zero-order valence-electron chi connectivity index (χ0n) is 13.2. The quantitative estimate of drug-likeness (QED) is 0.638. The van der Waals surface area contributed by atoms with Crippen LogP contribution in [0.2, 0.25) is 0 Å². The van der Waals surface area contributed by atoms with Crippen molar-refractivity contribution in [3.05, 3.63) is 23.5 Å². The lowest BCUT2D eigenvalue weighted by Crippen LogP contribution is -2.46. The molecule has 0 spiro atoms. The molecule has 2 rings (SSSR count). The van der Waals surface area contributed by atoms with Crippen LogP contribution in [0.4, 0.5) is 13.2 Å². The zero-order valence-corrected chi connectivity index (χ0v) is 13.2. The van der Waals surface area contributed by atoms with Gasteiger partial charge in [-0.15, -0.1) is 0 Å². The standard InChI is InChI=1S/C17H21F3N2O/c1-2-3-4-5-6-7-13-10-15(23-12-14-8-9-21-14)16(22-11-13)17(18,19)20/h10-11,14,21H,2-5,8-9,12H2,1H3. The van der Waals surface area contributed by atoms with Crippen molar-refractivity contribution in [2.24, 2.45) is 0 Å². The van der Waals surface area contributed by atoms with E-state index >= 15 is 0 Å². The molecular formula is C17H21F3N2O. The molecule has 1 fully saturated rings. The number of hydrogen-bond acceptors (Lipinski definition) is 3. The van der Waals surface area contributed by atoms with Crippen LogP contribution in [0.15, 0.2) is 12.3 Å². The number of unbranched alkanes of at least 4 members (excludes halogenated alkanes) is 3. The SMILES string of the molecule is CCCCCC#Cc1cnc(C(F)(F)F)c(OCC2CCN2)c1.